The Kier molecular flexibility index (Phi) is 15.7. The van der Waals surface area contributed by atoms with Crippen molar-refractivity contribution in [2.24, 2.45) is 35.5 Å². The van der Waals surface area contributed by atoms with E-state index >= 15 is 0 Å². The Labute approximate surface area is 297 Å². The normalized spacial score (nSPS) is 28.1. The maximum Gasteiger partial charge on any atom is -0.0312 e. The van der Waals surface area contributed by atoms with Gasteiger partial charge in [0.05, 0.1) is 0 Å². The first-order valence-electron chi connectivity index (χ1n) is 16.7. The molecule has 4 aromatic rings. The summed E-state index contributed by atoms with van der Waals surface area (Å²) in [7, 11) is 0. The van der Waals surface area contributed by atoms with Gasteiger partial charge in [-0.25, -0.2) is 0 Å². The number of rotatable bonds is 2. The van der Waals surface area contributed by atoms with Crippen molar-refractivity contribution in [1.29, 1.82) is 0 Å². The molecule has 2 aliphatic carbocycles. The Morgan fingerprint density at radius 2 is 0.932 bits per heavy atom. The average molecular weight is 727 g/mol. The van der Waals surface area contributed by atoms with E-state index in [4.69, 9.17) is 0 Å². The van der Waals surface area contributed by atoms with Crippen LogP contribution in [-0.2, 0) is 23.3 Å². The molecule has 0 aliphatic heterocycles. The van der Waals surface area contributed by atoms with Gasteiger partial charge in [0.25, 0.3) is 0 Å². The number of fused-ring (bicyclic) bond motifs is 2. The molecule has 0 amide bonds. The summed E-state index contributed by atoms with van der Waals surface area (Å²) < 4.78 is 0. The van der Waals surface area contributed by atoms with Crippen LogP contribution in [0.2, 0.25) is 13.1 Å². The fourth-order valence-electron chi connectivity index (χ4n) is 7.90. The molecule has 0 nitrogen and oxygen atoms in total. The third-order valence-corrected chi connectivity index (χ3v) is 11.4. The topological polar surface area (TPSA) is 0 Å². The first-order valence-corrected chi connectivity index (χ1v) is 22.9. The second-order valence-corrected chi connectivity index (χ2v) is 23.9. The molecule has 2 saturated carbocycles. The Bertz CT molecular complexity index is 1370. The largest absolute Gasteiger partial charge is 1.00 e. The average Bonchev–Trinajstić information content (AvgIpc) is 3.57. The summed E-state index contributed by atoms with van der Waals surface area (Å²) in [4.78, 5) is 0. The minimum atomic E-state index is 0. The third-order valence-electron chi connectivity index (χ3n) is 11.4. The van der Waals surface area contributed by atoms with Crippen molar-refractivity contribution in [3.8, 4) is 0 Å². The minimum absolute atomic E-state index is 0. The maximum absolute atomic E-state index is 2.45. The van der Waals surface area contributed by atoms with Gasteiger partial charge in [0.1, 0.15) is 0 Å². The third kappa shape index (κ3) is 9.24. The molecule has 4 aromatic carbocycles. The molecule has 0 saturated heterocycles. The fraction of sp³-hybridized carbons (Fsp3) is 0.550. The summed E-state index contributed by atoms with van der Waals surface area (Å²) in [6.45, 7) is 23.7. The maximum atomic E-state index is 2.45. The zero-order valence-corrected chi connectivity index (χ0v) is 33.9. The van der Waals surface area contributed by atoms with Gasteiger partial charge < -0.3 is 24.8 Å². The Balaban J connectivity index is 0.000000263. The van der Waals surface area contributed by atoms with E-state index < -0.39 is 0 Å². The van der Waals surface area contributed by atoms with Gasteiger partial charge in [-0.3, -0.25) is 0 Å². The van der Waals surface area contributed by atoms with E-state index in [0.29, 0.717) is 0 Å². The molecule has 0 bridgehead atoms. The van der Waals surface area contributed by atoms with E-state index in [2.05, 4.69) is 129 Å². The number of benzene rings is 2. The van der Waals surface area contributed by atoms with Gasteiger partial charge in [0.2, 0.25) is 0 Å². The van der Waals surface area contributed by atoms with E-state index in [9.17, 15) is 0 Å². The first-order chi connectivity index (χ1) is 19.9. The monoisotopic (exact) mass is 724 g/mol. The Hall–Kier alpha value is -0.660. The molecule has 0 spiro atoms. The van der Waals surface area contributed by atoms with E-state index in [-0.39, 0.29) is 30.2 Å². The standard InChI is InChI=1S/2C19H25.C2H6Si.2ClH.Zr/c2*1-12-8-9-18(15(4)14(12)3)17-10-16-7-5-6-13(2)19(16)11-17;1-3-2;;;/h2*5-7,10-12,14-15,18H,8-9H2,1-4H3;1-2H3;2*1H;/q2*-1;;;;+2/p-2. The van der Waals surface area contributed by atoms with Crippen molar-refractivity contribution < 1.29 is 48.1 Å². The summed E-state index contributed by atoms with van der Waals surface area (Å²) in [6.07, 6.45) is 5.50. The van der Waals surface area contributed by atoms with Crippen molar-refractivity contribution in [3.63, 3.8) is 0 Å². The predicted molar refractivity (Wildman–Crippen MR) is 185 cm³/mol. The van der Waals surface area contributed by atoms with Crippen molar-refractivity contribution in [1.82, 2.24) is 0 Å². The van der Waals surface area contributed by atoms with Crippen LogP contribution in [0, 0.1) is 49.4 Å². The van der Waals surface area contributed by atoms with Gasteiger partial charge in [0, 0.05) is 0 Å². The van der Waals surface area contributed by atoms with E-state index in [1.165, 1.54) is 58.4 Å². The van der Waals surface area contributed by atoms with Crippen LogP contribution in [0.25, 0.3) is 21.5 Å². The summed E-state index contributed by atoms with van der Waals surface area (Å²) >= 11 is 1.74. The van der Waals surface area contributed by atoms with Crippen molar-refractivity contribution in [2.45, 2.75) is 106 Å². The quantitative estimate of drug-likeness (QED) is 0.173. The van der Waals surface area contributed by atoms with Crippen LogP contribution in [0.1, 0.15) is 101 Å². The number of hydrogen-bond acceptors (Lipinski definition) is 0. The molecule has 8 unspecified atom stereocenters. The van der Waals surface area contributed by atoms with Gasteiger partial charge in [-0.1, -0.05) is 67.5 Å². The molecule has 2 aliphatic rings. The van der Waals surface area contributed by atoms with Crippen LogP contribution in [0.3, 0.4) is 0 Å². The predicted octanol–water partition coefficient (Wildman–Crippen LogP) is 6.10. The van der Waals surface area contributed by atoms with Gasteiger partial charge >= 0.3 is 41.9 Å². The zero-order chi connectivity index (χ0) is 30.7. The van der Waals surface area contributed by atoms with E-state index in [1.54, 1.807) is 34.5 Å². The Morgan fingerprint density at radius 3 is 1.25 bits per heavy atom. The molecule has 0 radical (unpaired) electrons. The molecule has 0 heterocycles. The second kappa shape index (κ2) is 17.5. The molecule has 8 atom stereocenters. The number of hydrogen-bond donors (Lipinski definition) is 0. The van der Waals surface area contributed by atoms with Crippen LogP contribution in [0.5, 0.6) is 0 Å². The number of halogens is 2. The zero-order valence-electron chi connectivity index (χ0n) is 29.0. The molecule has 6 rings (SSSR count). The fourth-order valence-corrected chi connectivity index (χ4v) is 7.90. The molecular weight excluding hydrogens is 671 g/mol. The summed E-state index contributed by atoms with van der Waals surface area (Å²) in [5.74, 6) is 6.60. The van der Waals surface area contributed by atoms with Gasteiger partial charge in [-0.2, -0.15) is 12.1 Å². The summed E-state index contributed by atoms with van der Waals surface area (Å²) in [5, 5.41) is 5.76. The summed E-state index contributed by atoms with van der Waals surface area (Å²) in [6, 6.07) is 23.1. The minimum Gasteiger partial charge on any atom is -1.00 e. The molecule has 4 heteroatoms. The van der Waals surface area contributed by atoms with E-state index in [0.717, 1.165) is 47.3 Å². The van der Waals surface area contributed by atoms with Crippen LogP contribution in [0.4, 0.5) is 0 Å². The number of aryl methyl sites for hydroxylation is 2. The summed E-state index contributed by atoms with van der Waals surface area (Å²) in [5.41, 5.74) is 6.19. The van der Waals surface area contributed by atoms with Crippen LogP contribution < -0.4 is 24.8 Å². The van der Waals surface area contributed by atoms with Crippen LogP contribution in [0.15, 0.2) is 60.7 Å². The van der Waals surface area contributed by atoms with Crippen LogP contribution >= 0.6 is 0 Å². The smallest absolute Gasteiger partial charge is 0.0312 e. The Morgan fingerprint density at radius 1 is 0.591 bits per heavy atom. The second-order valence-electron chi connectivity index (χ2n) is 14.5. The van der Waals surface area contributed by atoms with Gasteiger partial charge in [-0.15, -0.1) is 80.2 Å². The molecular formula is C40H56Cl2SiZr-2. The van der Waals surface area contributed by atoms with Crippen molar-refractivity contribution in [2.75, 3.05) is 0 Å². The van der Waals surface area contributed by atoms with Crippen molar-refractivity contribution in [3.05, 3.63) is 82.9 Å². The van der Waals surface area contributed by atoms with Crippen molar-refractivity contribution >= 4 is 27.0 Å². The molecule has 44 heavy (non-hydrogen) atoms. The molecule has 2 fully saturated rings. The SMILES string of the molecule is C[Si](C)=[Zr+2].Cc1cccc2cc(C3CCC(C)C(C)C3C)[cH-]c12.Cc1cccc2cc(C3CCC(C)C(C)C3C)[cH-]c12.[Cl-].[Cl-]. The van der Waals surface area contributed by atoms with E-state index in [1.807, 2.05) is 0 Å². The van der Waals surface area contributed by atoms with Gasteiger partial charge in [0.15, 0.2) is 0 Å². The molecule has 240 valence electrons. The molecule has 0 aromatic heterocycles. The van der Waals surface area contributed by atoms with Crippen LogP contribution in [-0.4, -0.2) is 5.43 Å². The first kappa shape index (κ1) is 39.5. The van der Waals surface area contributed by atoms with Gasteiger partial charge in [-0.05, 0) is 73.0 Å². The molecule has 0 N–H and O–H groups in total.